The van der Waals surface area contributed by atoms with Gasteiger partial charge in [-0.05, 0) is 12.1 Å². The van der Waals surface area contributed by atoms with Gasteiger partial charge in [0.15, 0.2) is 0 Å². The van der Waals surface area contributed by atoms with E-state index in [0.717, 1.165) is 0 Å². The normalized spacial score (nSPS) is 12.6. The Hall–Kier alpha value is -0.646. The van der Waals surface area contributed by atoms with Gasteiger partial charge in [0.05, 0.1) is 0 Å². The van der Waals surface area contributed by atoms with Crippen LogP contribution in [0.5, 0.6) is 0 Å². The first-order chi connectivity index (χ1) is 5.29. The van der Waals surface area contributed by atoms with E-state index in [1.807, 2.05) is 0 Å². The maximum absolute atomic E-state index is 9.51. The van der Waals surface area contributed by atoms with E-state index < -0.39 is 24.0 Å². The van der Waals surface area contributed by atoms with Gasteiger partial charge in [-0.25, -0.2) is 0 Å². The molecule has 0 heterocycles. The Bertz CT molecular complexity index is 143. The van der Waals surface area contributed by atoms with E-state index in [-0.39, 0.29) is 16.5 Å². The zero-order valence-electron chi connectivity index (χ0n) is 7.18. The van der Waals surface area contributed by atoms with Crippen molar-refractivity contribution in [3.8, 4) is 0 Å². The standard InChI is InChI=1S/2C3H6NO2.Ni/c2*1-2(4)3(5)6;/h2*2,4H,1H3,(H,5,6);/q2*-1;+2. The third-order valence-corrected chi connectivity index (χ3v) is 0.741. The van der Waals surface area contributed by atoms with Gasteiger partial charge in [-0.1, -0.05) is 13.8 Å². The Labute approximate surface area is 86.2 Å². The summed E-state index contributed by atoms with van der Waals surface area (Å²) < 4.78 is 0. The molecule has 13 heavy (non-hydrogen) atoms. The number of carboxylic acid groups (broad SMARTS) is 2. The Morgan fingerprint density at radius 2 is 1.08 bits per heavy atom. The first-order valence-electron chi connectivity index (χ1n) is 3.16. The topological polar surface area (TPSA) is 122 Å². The first-order valence-corrected chi connectivity index (χ1v) is 3.16. The molecule has 7 heteroatoms. The second-order valence-electron chi connectivity index (χ2n) is 2.12. The summed E-state index contributed by atoms with van der Waals surface area (Å²) in [5.41, 5.74) is 12.9. The number of nitrogens with one attached hydrogen (secondary N) is 2. The number of carbonyl (C=O) groups is 2. The predicted octanol–water partition coefficient (Wildman–Crippen LogP) is 1.02. The van der Waals surface area contributed by atoms with Crippen LogP contribution in [0.1, 0.15) is 13.8 Å². The molecule has 0 aliphatic rings. The quantitative estimate of drug-likeness (QED) is 0.693. The van der Waals surface area contributed by atoms with Crippen molar-refractivity contribution < 1.29 is 36.3 Å². The van der Waals surface area contributed by atoms with Gasteiger partial charge in [0.1, 0.15) is 0 Å². The van der Waals surface area contributed by atoms with Gasteiger partial charge in [0.2, 0.25) is 0 Å². The van der Waals surface area contributed by atoms with Gasteiger partial charge in [0, 0.05) is 0 Å². The molecule has 0 aromatic rings. The van der Waals surface area contributed by atoms with Crippen LogP contribution in [0.25, 0.3) is 11.5 Å². The van der Waals surface area contributed by atoms with Crippen molar-refractivity contribution in [1.29, 1.82) is 0 Å². The molecule has 0 saturated carbocycles. The molecule has 80 valence electrons. The van der Waals surface area contributed by atoms with Gasteiger partial charge >= 0.3 is 16.5 Å². The van der Waals surface area contributed by atoms with Crippen molar-refractivity contribution in [2.24, 2.45) is 0 Å². The molecule has 0 radical (unpaired) electrons. The molecule has 0 aliphatic heterocycles. The molecule has 6 nitrogen and oxygen atoms in total. The van der Waals surface area contributed by atoms with Crippen molar-refractivity contribution >= 4 is 11.9 Å². The molecule has 0 fully saturated rings. The Balaban J connectivity index is -0.000000143. The minimum atomic E-state index is -1.07. The van der Waals surface area contributed by atoms with Crippen molar-refractivity contribution in [2.75, 3.05) is 0 Å². The summed E-state index contributed by atoms with van der Waals surface area (Å²) in [5, 5.41) is 15.6. The van der Waals surface area contributed by atoms with Crippen LogP contribution in [0.3, 0.4) is 0 Å². The average Bonchev–Trinajstić information content (AvgIpc) is 1.88. The molecule has 0 spiro atoms. The zero-order chi connectivity index (χ0) is 10.3. The monoisotopic (exact) mass is 234 g/mol. The average molecular weight is 235 g/mol. The summed E-state index contributed by atoms with van der Waals surface area (Å²) in [6, 6.07) is -1.96. The SMILES string of the molecule is CC([NH-])C(=O)O.CC([NH-])C(=O)O.[Ni+2]. The largest absolute Gasteiger partial charge is 2.00 e. The first kappa shape index (κ1) is 18.2. The van der Waals surface area contributed by atoms with Crippen molar-refractivity contribution in [1.82, 2.24) is 0 Å². The number of carboxylic acids is 2. The molecule has 4 N–H and O–H groups in total. The number of aliphatic carboxylic acids is 2. The smallest absolute Gasteiger partial charge is 0.666 e. The molecule has 0 aromatic heterocycles. The van der Waals surface area contributed by atoms with Crippen molar-refractivity contribution in [3.05, 3.63) is 11.5 Å². The maximum Gasteiger partial charge on any atom is 2.00 e. The second kappa shape index (κ2) is 9.44. The second-order valence-corrected chi connectivity index (χ2v) is 2.12. The van der Waals surface area contributed by atoms with Crippen LogP contribution >= 0.6 is 0 Å². The maximum atomic E-state index is 9.51. The van der Waals surface area contributed by atoms with Gasteiger partial charge < -0.3 is 21.7 Å². The Morgan fingerprint density at radius 3 is 1.08 bits per heavy atom. The van der Waals surface area contributed by atoms with Crippen LogP contribution in [-0.2, 0) is 26.1 Å². The summed E-state index contributed by atoms with van der Waals surface area (Å²) in [6.45, 7) is 2.62. The van der Waals surface area contributed by atoms with Crippen LogP contribution in [0.4, 0.5) is 0 Å². The van der Waals surface area contributed by atoms with E-state index >= 15 is 0 Å². The molecule has 0 aromatic carbocycles. The molecule has 0 saturated heterocycles. The van der Waals surface area contributed by atoms with Crippen LogP contribution in [0.15, 0.2) is 0 Å². The Kier molecular flexibility index (Phi) is 13.2. The van der Waals surface area contributed by atoms with E-state index in [9.17, 15) is 9.59 Å². The minimum absolute atomic E-state index is 0. The number of rotatable bonds is 2. The van der Waals surface area contributed by atoms with E-state index in [2.05, 4.69) is 0 Å². The van der Waals surface area contributed by atoms with Crippen molar-refractivity contribution in [2.45, 2.75) is 25.9 Å². The van der Waals surface area contributed by atoms with Gasteiger partial charge in [0.25, 0.3) is 11.9 Å². The molecule has 0 amide bonds. The summed E-state index contributed by atoms with van der Waals surface area (Å²) in [7, 11) is 0. The fourth-order valence-corrected chi connectivity index (χ4v) is 0. The summed E-state index contributed by atoms with van der Waals surface area (Å²) >= 11 is 0. The number of hydrogen-bond donors (Lipinski definition) is 2. The third kappa shape index (κ3) is 18.4. The molecule has 2 unspecified atom stereocenters. The minimum Gasteiger partial charge on any atom is -0.666 e. The molecule has 0 bridgehead atoms. The van der Waals surface area contributed by atoms with E-state index in [1.54, 1.807) is 0 Å². The fourth-order valence-electron chi connectivity index (χ4n) is 0. The van der Waals surface area contributed by atoms with Crippen LogP contribution in [0, 0.1) is 0 Å². The van der Waals surface area contributed by atoms with Gasteiger partial charge in [-0.15, -0.1) is 0 Å². The number of hydrogen-bond acceptors (Lipinski definition) is 2. The van der Waals surface area contributed by atoms with E-state index in [4.69, 9.17) is 21.7 Å². The molecule has 2 atom stereocenters. The fraction of sp³-hybridized carbons (Fsp3) is 0.667. The van der Waals surface area contributed by atoms with E-state index in [1.165, 1.54) is 13.8 Å². The summed E-state index contributed by atoms with van der Waals surface area (Å²) in [4.78, 5) is 19.0. The van der Waals surface area contributed by atoms with Gasteiger partial charge in [-0.2, -0.15) is 0 Å². The third-order valence-electron chi connectivity index (χ3n) is 0.741. The zero-order valence-corrected chi connectivity index (χ0v) is 8.17. The molecular formula is C6H12N2NiO4. The van der Waals surface area contributed by atoms with Gasteiger partial charge in [-0.3, -0.25) is 9.59 Å². The molecular weight excluding hydrogens is 223 g/mol. The Morgan fingerprint density at radius 1 is 1.00 bits per heavy atom. The summed E-state index contributed by atoms with van der Waals surface area (Å²) in [6.07, 6.45) is 0. The predicted molar refractivity (Wildman–Crippen MR) is 42.8 cm³/mol. The van der Waals surface area contributed by atoms with Crippen LogP contribution in [0.2, 0.25) is 0 Å². The molecule has 0 aliphatic carbocycles. The van der Waals surface area contributed by atoms with Crippen LogP contribution < -0.4 is 0 Å². The van der Waals surface area contributed by atoms with E-state index in [0.29, 0.717) is 0 Å². The summed E-state index contributed by atoms with van der Waals surface area (Å²) in [5.74, 6) is -2.15. The van der Waals surface area contributed by atoms with Crippen molar-refractivity contribution in [3.63, 3.8) is 0 Å². The van der Waals surface area contributed by atoms with Crippen LogP contribution in [-0.4, -0.2) is 34.2 Å². The molecule has 0 rings (SSSR count).